The molecule has 1 aromatic heterocycles. The molecule has 0 aliphatic carbocycles. The van der Waals surface area contributed by atoms with Gasteiger partial charge in [-0.3, -0.25) is 9.78 Å². The molecule has 110 valence electrons. The number of carbonyl (C=O) groups excluding carboxylic acids is 1. The second-order valence-electron chi connectivity index (χ2n) is 5.09. The first-order valence-corrected chi connectivity index (χ1v) is 6.91. The van der Waals surface area contributed by atoms with Crippen LogP contribution in [0.2, 0.25) is 0 Å². The van der Waals surface area contributed by atoms with Crippen molar-refractivity contribution in [1.82, 2.24) is 10.3 Å². The molecule has 1 amide bonds. The smallest absolute Gasteiger partial charge is 0.326 e. The molecule has 0 saturated heterocycles. The topological polar surface area (TPSA) is 79.3 Å². The maximum atomic E-state index is 12.2. The predicted molar refractivity (Wildman–Crippen MR) is 80.1 cm³/mol. The zero-order chi connectivity index (χ0) is 15.4. The van der Waals surface area contributed by atoms with Gasteiger partial charge in [0.2, 0.25) is 0 Å². The van der Waals surface area contributed by atoms with Crippen LogP contribution in [0.1, 0.15) is 30.6 Å². The van der Waals surface area contributed by atoms with Gasteiger partial charge in [-0.1, -0.05) is 38.5 Å². The summed E-state index contributed by atoms with van der Waals surface area (Å²) in [6.45, 7) is 3.70. The van der Waals surface area contributed by atoms with Crippen molar-refractivity contribution >= 4 is 22.8 Å². The third kappa shape index (κ3) is 3.37. The average Bonchev–Trinajstić information content (AvgIpc) is 2.50. The van der Waals surface area contributed by atoms with Gasteiger partial charge in [0, 0.05) is 11.6 Å². The summed E-state index contributed by atoms with van der Waals surface area (Å²) in [5.74, 6) is -1.58. The van der Waals surface area contributed by atoms with E-state index in [2.05, 4.69) is 10.3 Å². The number of fused-ring (bicyclic) bond motifs is 1. The molecule has 2 rings (SSSR count). The van der Waals surface area contributed by atoms with E-state index in [4.69, 9.17) is 0 Å². The number of pyridine rings is 1. The summed E-state index contributed by atoms with van der Waals surface area (Å²) in [6, 6.07) is 8.28. The van der Waals surface area contributed by atoms with Gasteiger partial charge in [0.15, 0.2) is 0 Å². The third-order valence-corrected chi connectivity index (χ3v) is 3.62. The lowest BCUT2D eigenvalue weighted by molar-refractivity contribution is -0.140. The minimum absolute atomic E-state index is 0.139. The lowest BCUT2D eigenvalue weighted by Gasteiger charge is -2.20. The lowest BCUT2D eigenvalue weighted by atomic mass is 9.99. The van der Waals surface area contributed by atoms with Crippen LogP contribution in [-0.4, -0.2) is 28.0 Å². The summed E-state index contributed by atoms with van der Waals surface area (Å²) < 4.78 is 0. The molecule has 0 unspecified atom stereocenters. The van der Waals surface area contributed by atoms with E-state index < -0.39 is 17.9 Å². The van der Waals surface area contributed by atoms with Gasteiger partial charge < -0.3 is 10.4 Å². The molecule has 0 fully saturated rings. The number of aromatic nitrogens is 1. The van der Waals surface area contributed by atoms with Crippen LogP contribution in [0, 0.1) is 5.92 Å². The van der Waals surface area contributed by atoms with Crippen LogP contribution >= 0.6 is 0 Å². The zero-order valence-electron chi connectivity index (χ0n) is 12.0. The minimum Gasteiger partial charge on any atom is -0.480 e. The van der Waals surface area contributed by atoms with Gasteiger partial charge in [0.25, 0.3) is 5.91 Å². The van der Waals surface area contributed by atoms with Crippen molar-refractivity contribution in [2.45, 2.75) is 26.3 Å². The number of amides is 1. The summed E-state index contributed by atoms with van der Waals surface area (Å²) in [5.41, 5.74) is 1.16. The van der Waals surface area contributed by atoms with Gasteiger partial charge in [-0.15, -0.1) is 0 Å². The number of nitrogens with zero attached hydrogens (tertiary/aromatic N) is 1. The van der Waals surface area contributed by atoms with Crippen molar-refractivity contribution in [3.05, 3.63) is 42.1 Å². The second kappa shape index (κ2) is 6.35. The molecule has 1 aromatic carbocycles. The summed E-state index contributed by atoms with van der Waals surface area (Å²) >= 11 is 0. The highest BCUT2D eigenvalue weighted by atomic mass is 16.4. The molecule has 2 atom stereocenters. The van der Waals surface area contributed by atoms with Crippen molar-refractivity contribution in [2.75, 3.05) is 0 Å². The first-order chi connectivity index (χ1) is 10.0. The third-order valence-electron chi connectivity index (χ3n) is 3.62. The van der Waals surface area contributed by atoms with E-state index in [1.165, 1.54) is 6.20 Å². The number of aliphatic carboxylic acids is 1. The van der Waals surface area contributed by atoms with E-state index in [0.29, 0.717) is 12.0 Å². The summed E-state index contributed by atoms with van der Waals surface area (Å²) in [4.78, 5) is 27.7. The molecule has 0 spiro atoms. The van der Waals surface area contributed by atoms with Crippen LogP contribution in [0.4, 0.5) is 0 Å². The van der Waals surface area contributed by atoms with E-state index in [1.807, 2.05) is 31.2 Å². The maximum Gasteiger partial charge on any atom is 0.326 e. The quantitative estimate of drug-likeness (QED) is 0.885. The van der Waals surface area contributed by atoms with Gasteiger partial charge in [-0.2, -0.15) is 0 Å². The molecule has 0 bridgehead atoms. The average molecular weight is 286 g/mol. The minimum atomic E-state index is -1.02. The van der Waals surface area contributed by atoms with E-state index >= 15 is 0 Å². The maximum absolute atomic E-state index is 12.2. The summed E-state index contributed by atoms with van der Waals surface area (Å²) in [7, 11) is 0. The van der Waals surface area contributed by atoms with Crippen molar-refractivity contribution in [3.8, 4) is 0 Å². The Kier molecular flexibility index (Phi) is 4.52. The van der Waals surface area contributed by atoms with Gasteiger partial charge in [-0.05, 0) is 18.1 Å². The van der Waals surface area contributed by atoms with Crippen molar-refractivity contribution < 1.29 is 14.7 Å². The van der Waals surface area contributed by atoms with Gasteiger partial charge >= 0.3 is 5.97 Å². The highest BCUT2D eigenvalue weighted by Gasteiger charge is 2.25. The van der Waals surface area contributed by atoms with Crippen LogP contribution in [0.3, 0.4) is 0 Å². The highest BCUT2D eigenvalue weighted by molar-refractivity contribution is 5.99. The fourth-order valence-electron chi connectivity index (χ4n) is 2.10. The molecule has 2 aromatic rings. The largest absolute Gasteiger partial charge is 0.480 e. The second-order valence-corrected chi connectivity index (χ2v) is 5.09. The Labute approximate surface area is 123 Å². The molecule has 5 heteroatoms. The summed E-state index contributed by atoms with van der Waals surface area (Å²) in [5, 5.41) is 12.6. The number of para-hydroxylation sites is 1. The number of rotatable bonds is 5. The van der Waals surface area contributed by atoms with Crippen molar-refractivity contribution in [3.63, 3.8) is 0 Å². The molecule has 0 saturated carbocycles. The SMILES string of the molecule is CC[C@@H](C)[C@H](NC(=O)c1cnc2ccccc2c1)C(=O)O. The number of carboxylic acid groups (broad SMARTS) is 1. The molecule has 2 N–H and O–H groups in total. The zero-order valence-corrected chi connectivity index (χ0v) is 12.0. The Morgan fingerprint density at radius 2 is 2.05 bits per heavy atom. The lowest BCUT2D eigenvalue weighted by Crippen LogP contribution is -2.45. The number of hydrogen-bond acceptors (Lipinski definition) is 3. The Morgan fingerprint density at radius 1 is 1.33 bits per heavy atom. The fraction of sp³-hybridized carbons (Fsp3) is 0.312. The monoisotopic (exact) mass is 286 g/mol. The number of carbonyl (C=O) groups is 2. The van der Waals surface area contributed by atoms with Gasteiger partial charge in [-0.25, -0.2) is 4.79 Å². The number of hydrogen-bond donors (Lipinski definition) is 2. The van der Waals surface area contributed by atoms with Gasteiger partial charge in [0.05, 0.1) is 11.1 Å². The number of carboxylic acids is 1. The van der Waals surface area contributed by atoms with Crippen LogP contribution in [0.15, 0.2) is 36.5 Å². The van der Waals surface area contributed by atoms with E-state index in [1.54, 1.807) is 13.0 Å². The standard InChI is InChI=1S/C16H18N2O3/c1-3-10(2)14(16(20)21)18-15(19)12-8-11-6-4-5-7-13(11)17-9-12/h4-10,14H,3H2,1-2H3,(H,18,19)(H,20,21)/t10-,14+/m1/s1. The Hall–Kier alpha value is -2.43. The summed E-state index contributed by atoms with van der Waals surface area (Å²) in [6.07, 6.45) is 2.14. The molecular formula is C16H18N2O3. The van der Waals surface area contributed by atoms with Crippen LogP contribution in [0.25, 0.3) is 10.9 Å². The van der Waals surface area contributed by atoms with Crippen molar-refractivity contribution in [1.29, 1.82) is 0 Å². The van der Waals surface area contributed by atoms with Gasteiger partial charge in [0.1, 0.15) is 6.04 Å². The van der Waals surface area contributed by atoms with Crippen LogP contribution in [0.5, 0.6) is 0 Å². The van der Waals surface area contributed by atoms with Crippen molar-refractivity contribution in [2.24, 2.45) is 5.92 Å². The first kappa shape index (κ1) is 15.0. The fourth-order valence-corrected chi connectivity index (χ4v) is 2.10. The van der Waals surface area contributed by atoms with E-state index in [0.717, 1.165) is 10.9 Å². The first-order valence-electron chi connectivity index (χ1n) is 6.91. The Bertz CT molecular complexity index is 669. The molecule has 0 radical (unpaired) electrons. The normalized spacial score (nSPS) is 13.6. The van der Waals surface area contributed by atoms with Crippen LogP contribution in [-0.2, 0) is 4.79 Å². The molecule has 21 heavy (non-hydrogen) atoms. The van der Waals surface area contributed by atoms with E-state index in [9.17, 15) is 14.7 Å². The van der Waals surface area contributed by atoms with Crippen LogP contribution < -0.4 is 5.32 Å². The number of benzene rings is 1. The molecule has 0 aliphatic heterocycles. The Morgan fingerprint density at radius 3 is 2.71 bits per heavy atom. The predicted octanol–water partition coefficient (Wildman–Crippen LogP) is 2.46. The molecule has 1 heterocycles. The molecule has 5 nitrogen and oxygen atoms in total. The van der Waals surface area contributed by atoms with E-state index in [-0.39, 0.29) is 5.92 Å². The molecular weight excluding hydrogens is 268 g/mol. The molecule has 0 aliphatic rings. The number of nitrogens with one attached hydrogen (secondary N) is 1. The Balaban J connectivity index is 2.23. The highest BCUT2D eigenvalue weighted by Crippen LogP contribution is 2.14.